The van der Waals surface area contributed by atoms with E-state index >= 15 is 0 Å². The Morgan fingerprint density at radius 1 is 0.963 bits per heavy atom. The Labute approximate surface area is 160 Å². The van der Waals surface area contributed by atoms with Crippen molar-refractivity contribution in [3.8, 4) is 11.5 Å². The lowest BCUT2D eigenvalue weighted by atomic mass is 10.0. The lowest BCUT2D eigenvalue weighted by molar-refractivity contribution is 0.466. The van der Waals surface area contributed by atoms with Gasteiger partial charge < -0.3 is 8.83 Å². The SMILES string of the molecule is Cc1cccc(-c2nnc(SCc3cc(=O)oc4cc(C)c(C)cc34)o2)c1. The number of hydrogen-bond acceptors (Lipinski definition) is 6. The zero-order chi connectivity index (χ0) is 19.0. The molecule has 136 valence electrons. The maximum Gasteiger partial charge on any atom is 0.336 e. The summed E-state index contributed by atoms with van der Waals surface area (Å²) in [5.41, 5.74) is 5.42. The summed E-state index contributed by atoms with van der Waals surface area (Å²) in [6.07, 6.45) is 0. The molecule has 0 aliphatic carbocycles. The van der Waals surface area contributed by atoms with Crippen molar-refractivity contribution in [3.05, 3.63) is 75.1 Å². The van der Waals surface area contributed by atoms with Gasteiger partial charge in [0.1, 0.15) is 5.58 Å². The molecular weight excluding hydrogens is 360 g/mol. The molecule has 0 fully saturated rings. The van der Waals surface area contributed by atoms with Gasteiger partial charge in [-0.3, -0.25) is 0 Å². The largest absolute Gasteiger partial charge is 0.423 e. The number of fused-ring (bicyclic) bond motifs is 1. The standard InChI is InChI=1S/C21H18N2O3S/c1-12-5-4-6-15(7-12)20-22-23-21(26-20)27-11-16-10-19(24)25-18-9-14(3)13(2)8-17(16)18/h4-10H,11H2,1-3H3. The third-order valence-corrected chi connectivity index (χ3v) is 5.33. The molecule has 4 aromatic rings. The van der Waals surface area contributed by atoms with E-state index in [9.17, 15) is 4.79 Å². The first-order valence-corrected chi connectivity index (χ1v) is 9.55. The summed E-state index contributed by atoms with van der Waals surface area (Å²) >= 11 is 1.41. The summed E-state index contributed by atoms with van der Waals surface area (Å²) in [5.74, 6) is 1.03. The highest BCUT2D eigenvalue weighted by molar-refractivity contribution is 7.98. The molecule has 0 saturated carbocycles. The average molecular weight is 378 g/mol. The minimum absolute atomic E-state index is 0.354. The maximum atomic E-state index is 11.9. The van der Waals surface area contributed by atoms with E-state index in [0.29, 0.717) is 22.4 Å². The van der Waals surface area contributed by atoms with Gasteiger partial charge in [-0.1, -0.05) is 29.5 Å². The predicted octanol–water partition coefficient (Wildman–Crippen LogP) is 5.06. The first-order chi connectivity index (χ1) is 13.0. The highest BCUT2D eigenvalue weighted by Crippen LogP contribution is 2.29. The molecule has 0 aliphatic rings. The van der Waals surface area contributed by atoms with Gasteiger partial charge in [0.05, 0.1) is 0 Å². The minimum atomic E-state index is -0.354. The molecule has 0 bridgehead atoms. The normalized spacial score (nSPS) is 11.2. The van der Waals surface area contributed by atoms with Crippen molar-refractivity contribution in [2.24, 2.45) is 0 Å². The second kappa shape index (κ2) is 7.04. The molecule has 5 nitrogen and oxygen atoms in total. The molecule has 0 aliphatic heterocycles. The van der Waals surface area contributed by atoms with Gasteiger partial charge in [0.2, 0.25) is 5.89 Å². The van der Waals surface area contributed by atoms with Crippen LogP contribution in [0.5, 0.6) is 0 Å². The summed E-state index contributed by atoms with van der Waals surface area (Å²) in [4.78, 5) is 11.9. The van der Waals surface area contributed by atoms with Crippen LogP contribution in [-0.2, 0) is 5.75 Å². The van der Waals surface area contributed by atoms with E-state index in [1.807, 2.05) is 51.1 Å². The van der Waals surface area contributed by atoms with Crippen LogP contribution in [0.15, 0.2) is 61.3 Å². The highest BCUT2D eigenvalue weighted by Gasteiger charge is 2.12. The highest BCUT2D eigenvalue weighted by atomic mass is 32.2. The number of benzene rings is 2. The van der Waals surface area contributed by atoms with Crippen LogP contribution >= 0.6 is 11.8 Å². The van der Waals surface area contributed by atoms with Crippen molar-refractivity contribution in [3.63, 3.8) is 0 Å². The summed E-state index contributed by atoms with van der Waals surface area (Å²) < 4.78 is 11.1. The van der Waals surface area contributed by atoms with E-state index in [4.69, 9.17) is 8.83 Å². The van der Waals surface area contributed by atoms with E-state index in [2.05, 4.69) is 16.3 Å². The van der Waals surface area contributed by atoms with Gasteiger partial charge >= 0.3 is 5.63 Å². The Hall–Kier alpha value is -2.86. The van der Waals surface area contributed by atoms with Gasteiger partial charge in [-0.25, -0.2) is 4.79 Å². The quantitative estimate of drug-likeness (QED) is 0.365. The van der Waals surface area contributed by atoms with Crippen LogP contribution in [0.2, 0.25) is 0 Å². The molecule has 0 radical (unpaired) electrons. The molecule has 4 rings (SSSR count). The van der Waals surface area contributed by atoms with Crippen molar-refractivity contribution < 1.29 is 8.83 Å². The number of nitrogens with zero attached hydrogens (tertiary/aromatic N) is 2. The fourth-order valence-corrected chi connectivity index (χ4v) is 3.66. The van der Waals surface area contributed by atoms with Crippen LogP contribution in [-0.4, -0.2) is 10.2 Å². The van der Waals surface area contributed by atoms with Gasteiger partial charge in [0, 0.05) is 22.8 Å². The molecule has 0 spiro atoms. The van der Waals surface area contributed by atoms with Crippen LogP contribution in [0.1, 0.15) is 22.3 Å². The molecule has 6 heteroatoms. The lowest BCUT2D eigenvalue weighted by Gasteiger charge is -2.07. The zero-order valence-electron chi connectivity index (χ0n) is 15.3. The van der Waals surface area contributed by atoms with Crippen LogP contribution in [0.3, 0.4) is 0 Å². The number of aromatic nitrogens is 2. The van der Waals surface area contributed by atoms with Crippen LogP contribution in [0.4, 0.5) is 0 Å². The second-order valence-corrected chi connectivity index (χ2v) is 7.48. The third kappa shape index (κ3) is 3.66. The van der Waals surface area contributed by atoms with E-state index in [1.54, 1.807) is 0 Å². The zero-order valence-corrected chi connectivity index (χ0v) is 16.1. The van der Waals surface area contributed by atoms with Crippen LogP contribution in [0.25, 0.3) is 22.4 Å². The van der Waals surface area contributed by atoms with Crippen molar-refractivity contribution in [2.75, 3.05) is 0 Å². The molecule has 0 unspecified atom stereocenters. The Balaban J connectivity index is 1.61. The summed E-state index contributed by atoms with van der Waals surface area (Å²) in [5, 5.41) is 9.65. The Bertz CT molecular complexity index is 1190. The monoisotopic (exact) mass is 378 g/mol. The number of rotatable bonds is 4. The number of aryl methyl sites for hydroxylation is 3. The van der Waals surface area contributed by atoms with Crippen molar-refractivity contribution in [1.82, 2.24) is 10.2 Å². The van der Waals surface area contributed by atoms with Crippen molar-refractivity contribution in [2.45, 2.75) is 31.7 Å². The van der Waals surface area contributed by atoms with Crippen LogP contribution < -0.4 is 5.63 Å². The third-order valence-electron chi connectivity index (χ3n) is 4.47. The Kier molecular flexibility index (Phi) is 4.58. The number of thioether (sulfide) groups is 1. The average Bonchev–Trinajstić information content (AvgIpc) is 3.10. The van der Waals surface area contributed by atoms with Crippen molar-refractivity contribution in [1.29, 1.82) is 0 Å². The fraction of sp³-hybridized carbons (Fsp3) is 0.190. The fourth-order valence-electron chi connectivity index (χ4n) is 2.90. The van der Waals surface area contributed by atoms with Gasteiger partial charge in [-0.05, 0) is 61.7 Å². The first kappa shape index (κ1) is 17.5. The summed E-state index contributed by atoms with van der Waals surface area (Å²) in [6, 6.07) is 13.4. The molecule has 2 heterocycles. The molecular formula is C21H18N2O3S. The molecule has 0 amide bonds. The summed E-state index contributed by atoms with van der Waals surface area (Å²) in [6.45, 7) is 6.07. The van der Waals surface area contributed by atoms with Crippen LogP contribution in [0, 0.1) is 20.8 Å². The van der Waals surface area contributed by atoms with E-state index in [-0.39, 0.29) is 5.63 Å². The maximum absolute atomic E-state index is 11.9. The molecule has 0 atom stereocenters. The van der Waals surface area contributed by atoms with E-state index in [1.165, 1.54) is 17.8 Å². The van der Waals surface area contributed by atoms with Gasteiger partial charge in [-0.2, -0.15) is 0 Å². The molecule has 2 aromatic carbocycles. The summed E-state index contributed by atoms with van der Waals surface area (Å²) in [7, 11) is 0. The smallest absolute Gasteiger partial charge is 0.336 e. The van der Waals surface area contributed by atoms with E-state index < -0.39 is 0 Å². The van der Waals surface area contributed by atoms with E-state index in [0.717, 1.165) is 33.2 Å². The Morgan fingerprint density at radius 3 is 2.59 bits per heavy atom. The Morgan fingerprint density at radius 2 is 1.78 bits per heavy atom. The van der Waals surface area contributed by atoms with Crippen molar-refractivity contribution >= 4 is 22.7 Å². The predicted molar refractivity (Wildman–Crippen MR) is 106 cm³/mol. The molecule has 0 N–H and O–H groups in total. The number of hydrogen-bond donors (Lipinski definition) is 0. The first-order valence-electron chi connectivity index (χ1n) is 8.57. The minimum Gasteiger partial charge on any atom is -0.423 e. The molecule has 0 saturated heterocycles. The van der Waals surface area contributed by atoms with Gasteiger partial charge in [0.15, 0.2) is 0 Å². The topological polar surface area (TPSA) is 69.1 Å². The lowest BCUT2D eigenvalue weighted by Crippen LogP contribution is -2.00. The second-order valence-electron chi connectivity index (χ2n) is 6.55. The molecule has 27 heavy (non-hydrogen) atoms. The van der Waals surface area contributed by atoms with Gasteiger partial charge in [-0.15, -0.1) is 10.2 Å². The molecule has 2 aromatic heterocycles. The van der Waals surface area contributed by atoms with Gasteiger partial charge in [0.25, 0.3) is 5.22 Å².